The van der Waals surface area contributed by atoms with E-state index in [1.807, 2.05) is 41.9 Å². The zero-order chi connectivity index (χ0) is 26.1. The lowest BCUT2D eigenvalue weighted by Crippen LogP contribution is -2.31. The molecule has 0 fully saturated rings. The summed E-state index contributed by atoms with van der Waals surface area (Å²) in [6.45, 7) is 2.75. The van der Waals surface area contributed by atoms with Crippen molar-refractivity contribution in [2.24, 2.45) is 0 Å². The van der Waals surface area contributed by atoms with E-state index in [9.17, 15) is 9.59 Å². The Morgan fingerprint density at radius 3 is 2.76 bits per heavy atom. The number of likely N-dealkylation sites (N-methyl/N-ethyl adjacent to an activating group) is 1. The molecule has 3 aromatic heterocycles. The lowest BCUT2D eigenvalue weighted by atomic mass is 9.95. The molecule has 2 N–H and O–H groups in total. The van der Waals surface area contributed by atoms with Gasteiger partial charge < -0.3 is 15.5 Å². The molecule has 1 aliphatic carbocycles. The quantitative estimate of drug-likeness (QED) is 0.370. The molecule has 2 amide bonds. The number of anilines is 1. The van der Waals surface area contributed by atoms with E-state index in [1.54, 1.807) is 24.5 Å². The van der Waals surface area contributed by atoms with Crippen molar-refractivity contribution in [1.29, 1.82) is 0 Å². The lowest BCUT2D eigenvalue weighted by molar-refractivity contribution is -0.114. The number of rotatable bonds is 7. The van der Waals surface area contributed by atoms with Crippen molar-refractivity contribution < 1.29 is 9.59 Å². The van der Waals surface area contributed by atoms with Crippen LogP contribution < -0.4 is 10.6 Å². The maximum Gasteiger partial charge on any atom is 0.251 e. The second-order valence-electron chi connectivity index (χ2n) is 9.03. The number of pyridine rings is 1. The number of nitrogens with zero attached hydrogens (tertiary/aromatic N) is 5. The summed E-state index contributed by atoms with van der Waals surface area (Å²) < 4.78 is 1.82. The van der Waals surface area contributed by atoms with Crippen LogP contribution in [-0.4, -0.2) is 63.6 Å². The van der Waals surface area contributed by atoms with Gasteiger partial charge in [0.25, 0.3) is 5.91 Å². The van der Waals surface area contributed by atoms with Crippen LogP contribution in [0.5, 0.6) is 0 Å². The zero-order valence-electron chi connectivity index (χ0n) is 20.7. The lowest BCUT2D eigenvalue weighted by Gasteiger charge is -2.15. The highest BCUT2D eigenvalue weighted by Gasteiger charge is 2.30. The summed E-state index contributed by atoms with van der Waals surface area (Å²) in [6, 6.07) is 9.09. The SMILES string of the molecule is CC(=O)Nc1nc2c(s1)-c1c(c(-c3cccnc3)nn1-c1ccc(C(=O)NCCN(C)C)cc1Cl)CC2. The van der Waals surface area contributed by atoms with E-state index in [4.69, 9.17) is 16.7 Å². The van der Waals surface area contributed by atoms with Gasteiger partial charge in [0.05, 0.1) is 32.7 Å². The van der Waals surface area contributed by atoms with Gasteiger partial charge in [-0.15, -0.1) is 0 Å². The largest absolute Gasteiger partial charge is 0.351 e. The Kier molecular flexibility index (Phi) is 7.05. The average Bonchev–Trinajstić information content (AvgIpc) is 3.44. The maximum atomic E-state index is 12.6. The number of halogens is 1. The van der Waals surface area contributed by atoms with Gasteiger partial charge in [0.15, 0.2) is 5.13 Å². The van der Waals surface area contributed by atoms with Gasteiger partial charge in [-0.05, 0) is 57.3 Å². The number of carbonyl (C=O) groups excluding carboxylic acids is 2. The Balaban J connectivity index is 1.59. The van der Waals surface area contributed by atoms with E-state index in [0.29, 0.717) is 27.9 Å². The zero-order valence-corrected chi connectivity index (χ0v) is 22.3. The molecule has 1 aliphatic rings. The van der Waals surface area contributed by atoms with Crippen LogP contribution in [0, 0.1) is 0 Å². The summed E-state index contributed by atoms with van der Waals surface area (Å²) in [5, 5.41) is 11.7. The minimum absolute atomic E-state index is 0.168. The number of amides is 2. The molecule has 190 valence electrons. The fourth-order valence-electron chi connectivity index (χ4n) is 4.30. The van der Waals surface area contributed by atoms with E-state index in [0.717, 1.165) is 52.5 Å². The number of hydrogen-bond acceptors (Lipinski definition) is 7. The number of aryl methyl sites for hydroxylation is 1. The van der Waals surface area contributed by atoms with Crippen LogP contribution in [0.25, 0.3) is 27.5 Å². The van der Waals surface area contributed by atoms with E-state index < -0.39 is 0 Å². The molecule has 9 nitrogen and oxygen atoms in total. The molecule has 0 radical (unpaired) electrons. The van der Waals surface area contributed by atoms with Crippen LogP contribution in [0.15, 0.2) is 42.7 Å². The van der Waals surface area contributed by atoms with Crippen LogP contribution >= 0.6 is 22.9 Å². The third-order valence-corrected chi connectivity index (χ3v) is 7.33. The van der Waals surface area contributed by atoms with E-state index in [-0.39, 0.29) is 11.8 Å². The average molecular weight is 536 g/mol. The third kappa shape index (κ3) is 5.13. The fourth-order valence-corrected chi connectivity index (χ4v) is 5.67. The second kappa shape index (κ2) is 10.4. The van der Waals surface area contributed by atoms with Gasteiger partial charge in [0.1, 0.15) is 0 Å². The van der Waals surface area contributed by atoms with Gasteiger partial charge >= 0.3 is 0 Å². The van der Waals surface area contributed by atoms with Crippen molar-refractivity contribution in [3.63, 3.8) is 0 Å². The fraction of sp³-hybridized carbons (Fsp3) is 0.269. The molecule has 11 heteroatoms. The first-order valence-electron chi connectivity index (χ1n) is 11.8. The number of fused-ring (bicyclic) bond motifs is 3. The highest BCUT2D eigenvalue weighted by atomic mass is 35.5. The van der Waals surface area contributed by atoms with Crippen LogP contribution in [-0.2, 0) is 17.6 Å². The number of thiazole rings is 1. The van der Waals surface area contributed by atoms with Gasteiger partial charge in [-0.2, -0.15) is 5.10 Å². The number of carbonyl (C=O) groups is 2. The summed E-state index contributed by atoms with van der Waals surface area (Å²) >= 11 is 8.18. The molecule has 0 atom stereocenters. The van der Waals surface area contributed by atoms with Gasteiger partial charge in [-0.25, -0.2) is 9.67 Å². The summed E-state index contributed by atoms with van der Waals surface area (Å²) in [7, 11) is 3.91. The minimum Gasteiger partial charge on any atom is -0.351 e. The first-order valence-corrected chi connectivity index (χ1v) is 13.0. The predicted molar refractivity (Wildman–Crippen MR) is 146 cm³/mol. The molecule has 1 aromatic carbocycles. The summed E-state index contributed by atoms with van der Waals surface area (Å²) in [5.74, 6) is -0.350. The van der Waals surface area contributed by atoms with Gasteiger partial charge in [-0.1, -0.05) is 22.9 Å². The standard InChI is InChI=1S/C26H26ClN7O2S/c1-15(35)30-26-31-20-8-7-18-22(17-5-4-10-28-14-17)32-34(23(18)24(20)37-26)21-9-6-16(13-19(21)27)25(36)29-11-12-33(2)3/h4-6,9-10,13-14H,7-8,11-12H2,1-3H3,(H,29,36)(H,30,31,35). The topological polar surface area (TPSA) is 105 Å². The molecule has 0 unspecified atom stereocenters. The Morgan fingerprint density at radius 2 is 2.05 bits per heavy atom. The highest BCUT2D eigenvalue weighted by molar-refractivity contribution is 7.19. The van der Waals surface area contributed by atoms with Gasteiger partial charge in [0, 0.05) is 49.1 Å². The van der Waals surface area contributed by atoms with Crippen molar-refractivity contribution in [1.82, 2.24) is 30.0 Å². The van der Waals surface area contributed by atoms with Crippen LogP contribution in [0.1, 0.15) is 28.5 Å². The number of hydrogen-bond donors (Lipinski definition) is 2. The Bertz CT molecular complexity index is 1480. The molecule has 37 heavy (non-hydrogen) atoms. The molecular weight excluding hydrogens is 510 g/mol. The molecular formula is C26H26ClN7O2S. The van der Waals surface area contributed by atoms with Crippen molar-refractivity contribution >= 4 is 39.9 Å². The van der Waals surface area contributed by atoms with Crippen molar-refractivity contribution in [3.05, 3.63) is 64.6 Å². The second-order valence-corrected chi connectivity index (χ2v) is 10.4. The molecule has 0 bridgehead atoms. The van der Waals surface area contributed by atoms with E-state index in [2.05, 4.69) is 20.6 Å². The molecule has 4 aromatic rings. The molecule has 0 spiro atoms. The third-order valence-electron chi connectivity index (χ3n) is 6.01. The summed E-state index contributed by atoms with van der Waals surface area (Å²) in [6.07, 6.45) is 4.99. The van der Waals surface area contributed by atoms with Gasteiger partial charge in [-0.3, -0.25) is 14.6 Å². The predicted octanol–water partition coefficient (Wildman–Crippen LogP) is 4.06. The summed E-state index contributed by atoms with van der Waals surface area (Å²) in [5.41, 5.74) is 5.73. The number of aromatic nitrogens is 4. The molecule has 0 saturated carbocycles. The number of benzene rings is 1. The number of nitrogens with one attached hydrogen (secondary N) is 2. The van der Waals surface area contributed by atoms with E-state index in [1.165, 1.54) is 18.3 Å². The van der Waals surface area contributed by atoms with Gasteiger partial charge in [0.2, 0.25) is 5.91 Å². The van der Waals surface area contributed by atoms with Crippen molar-refractivity contribution in [2.75, 3.05) is 32.5 Å². The minimum atomic E-state index is -0.182. The van der Waals surface area contributed by atoms with Crippen molar-refractivity contribution in [2.45, 2.75) is 19.8 Å². The Morgan fingerprint density at radius 1 is 1.22 bits per heavy atom. The van der Waals surface area contributed by atoms with Crippen LogP contribution in [0.4, 0.5) is 5.13 Å². The normalized spacial score (nSPS) is 12.2. The van der Waals surface area contributed by atoms with Crippen molar-refractivity contribution in [3.8, 4) is 27.5 Å². The molecule has 0 saturated heterocycles. The Labute approximate surface area is 223 Å². The molecule has 3 heterocycles. The summed E-state index contributed by atoms with van der Waals surface area (Å²) in [4.78, 5) is 36.2. The monoisotopic (exact) mass is 535 g/mol. The smallest absolute Gasteiger partial charge is 0.251 e. The molecule has 0 aliphatic heterocycles. The van der Waals surface area contributed by atoms with E-state index >= 15 is 0 Å². The maximum absolute atomic E-state index is 12.6. The highest BCUT2D eigenvalue weighted by Crippen LogP contribution is 2.44. The first-order chi connectivity index (χ1) is 17.8. The first kappa shape index (κ1) is 25.1. The van der Waals surface area contributed by atoms with Crippen LogP contribution in [0.3, 0.4) is 0 Å². The van der Waals surface area contributed by atoms with Crippen LogP contribution in [0.2, 0.25) is 5.02 Å². The molecule has 5 rings (SSSR count). The Hall–Kier alpha value is -3.60.